The van der Waals surface area contributed by atoms with Crippen LogP contribution >= 0.6 is 0 Å². The van der Waals surface area contributed by atoms with Crippen molar-refractivity contribution in [3.05, 3.63) is 119 Å². The monoisotopic (exact) mass is 662 g/mol. The summed E-state index contributed by atoms with van der Waals surface area (Å²) in [6.07, 6.45) is 4.04. The van der Waals surface area contributed by atoms with Crippen LogP contribution < -0.4 is 4.90 Å². The summed E-state index contributed by atoms with van der Waals surface area (Å²) in [6.45, 7) is 5.87. The molecule has 2 amide bonds. The number of anilines is 2. The van der Waals surface area contributed by atoms with Crippen LogP contribution in [0.2, 0.25) is 0 Å². The molecule has 1 atom stereocenters. The molecule has 4 heterocycles. The Labute approximate surface area is 284 Å². The molecule has 0 bridgehead atoms. The van der Waals surface area contributed by atoms with Gasteiger partial charge in [-0.2, -0.15) is 5.10 Å². The number of hydrogen-bond acceptors (Lipinski definition) is 6. The normalized spacial score (nSPS) is 16.4. The average Bonchev–Trinajstić information content (AvgIpc) is 3.67. The lowest BCUT2D eigenvalue weighted by atomic mass is 9.92. The van der Waals surface area contributed by atoms with E-state index < -0.39 is 5.82 Å². The Morgan fingerprint density at radius 2 is 1.69 bits per heavy atom. The second-order valence-electron chi connectivity index (χ2n) is 12.8. The van der Waals surface area contributed by atoms with E-state index in [4.69, 9.17) is 4.74 Å². The number of fused-ring (bicyclic) bond motifs is 1. The fraction of sp³-hybridized carbons (Fsp3) is 0.289. The van der Waals surface area contributed by atoms with Crippen molar-refractivity contribution in [3.8, 4) is 17.0 Å². The van der Waals surface area contributed by atoms with Gasteiger partial charge in [-0.15, -0.1) is 0 Å². The molecule has 7 rings (SSSR count). The van der Waals surface area contributed by atoms with Crippen molar-refractivity contribution in [2.75, 3.05) is 37.7 Å². The average molecular weight is 663 g/mol. The number of carbonyl (C=O) groups excluding carboxylic acids is 2. The van der Waals surface area contributed by atoms with Gasteiger partial charge in [0.05, 0.1) is 36.2 Å². The second kappa shape index (κ2) is 13.3. The van der Waals surface area contributed by atoms with Crippen LogP contribution in [-0.4, -0.2) is 80.0 Å². The molecule has 3 aromatic carbocycles. The molecule has 2 aliphatic rings. The lowest BCUT2D eigenvalue weighted by molar-refractivity contribution is 0.0193. The van der Waals surface area contributed by atoms with Crippen LogP contribution in [0.15, 0.2) is 85.2 Å². The first-order valence-corrected chi connectivity index (χ1v) is 16.4. The number of phenols is 1. The third-order valence-electron chi connectivity index (χ3n) is 9.70. The highest BCUT2D eigenvalue weighted by Crippen LogP contribution is 2.35. The SMILES string of the molecule is Cc1c(C(=O)N(c2ccc(O)cc2)c2cnn(C)c2)cc(-c2ccc(F)cc2C(=O)N2Cc3ccccc3C[C@H]2CN2CCOCC2)n1C. The molecule has 252 valence electrons. The Hall–Kier alpha value is -5.26. The summed E-state index contributed by atoms with van der Waals surface area (Å²) in [7, 11) is 3.61. The lowest BCUT2D eigenvalue weighted by Gasteiger charge is -2.40. The lowest BCUT2D eigenvalue weighted by Crippen LogP contribution is -2.52. The quantitative estimate of drug-likeness (QED) is 0.249. The number of phenolic OH excluding ortho intramolecular Hbond substituents is 1. The minimum absolute atomic E-state index is 0.0818. The minimum Gasteiger partial charge on any atom is -0.508 e. The van der Waals surface area contributed by atoms with Gasteiger partial charge >= 0.3 is 0 Å². The van der Waals surface area contributed by atoms with E-state index in [1.165, 1.54) is 34.7 Å². The van der Waals surface area contributed by atoms with Gasteiger partial charge in [-0.1, -0.05) is 24.3 Å². The van der Waals surface area contributed by atoms with Crippen LogP contribution in [0.5, 0.6) is 5.75 Å². The van der Waals surface area contributed by atoms with Crippen LogP contribution in [0, 0.1) is 12.7 Å². The third kappa shape index (κ3) is 6.34. The van der Waals surface area contributed by atoms with Crippen molar-refractivity contribution in [1.29, 1.82) is 0 Å². The topological polar surface area (TPSA) is 96.1 Å². The number of nitrogens with zero attached hydrogens (tertiary/aromatic N) is 6. The Morgan fingerprint density at radius 1 is 0.959 bits per heavy atom. The largest absolute Gasteiger partial charge is 0.508 e. The predicted molar refractivity (Wildman–Crippen MR) is 184 cm³/mol. The Kier molecular flexibility index (Phi) is 8.79. The molecular formula is C38H39FN6O4. The van der Waals surface area contributed by atoms with Crippen molar-refractivity contribution < 1.29 is 23.8 Å². The van der Waals surface area contributed by atoms with E-state index in [9.17, 15) is 14.7 Å². The summed E-state index contributed by atoms with van der Waals surface area (Å²) < 4.78 is 24.1. The smallest absolute Gasteiger partial charge is 0.264 e. The van der Waals surface area contributed by atoms with E-state index in [1.54, 1.807) is 48.4 Å². The van der Waals surface area contributed by atoms with Crippen LogP contribution in [0.1, 0.15) is 37.5 Å². The maximum atomic E-state index is 15.0. The standard InChI is InChI=1S/C38H39FN6O4/c1-25-34(38(48)45(31-21-40-41(2)23-31)29-9-11-32(46)12-10-29)20-36(42(25)3)33-13-8-28(39)19-35(33)37(47)44-22-27-7-5-4-6-26(27)18-30(44)24-43-14-16-49-17-15-43/h4-13,19-21,23,30,46H,14-18,22,24H2,1-3H3/t30-/m0/s1. The van der Waals surface area contributed by atoms with E-state index >= 15 is 4.39 Å². The van der Waals surface area contributed by atoms with Crippen LogP contribution in [0.3, 0.4) is 0 Å². The van der Waals surface area contributed by atoms with Crippen molar-refractivity contribution in [2.24, 2.45) is 14.1 Å². The number of ether oxygens (including phenoxy) is 1. The number of morpholine rings is 1. The summed E-state index contributed by atoms with van der Waals surface area (Å²) in [6, 6.07) is 20.5. The molecule has 2 aliphatic heterocycles. The van der Waals surface area contributed by atoms with Gasteiger partial charge in [0.25, 0.3) is 11.8 Å². The highest BCUT2D eigenvalue weighted by Gasteiger charge is 2.34. The van der Waals surface area contributed by atoms with Gasteiger partial charge in [0.1, 0.15) is 11.6 Å². The Morgan fingerprint density at radius 3 is 2.41 bits per heavy atom. The number of aromatic hydroxyl groups is 1. The third-order valence-corrected chi connectivity index (χ3v) is 9.70. The van der Waals surface area contributed by atoms with Crippen LogP contribution in [0.4, 0.5) is 15.8 Å². The Bertz CT molecular complexity index is 2010. The first-order valence-electron chi connectivity index (χ1n) is 16.4. The molecule has 2 aromatic heterocycles. The Balaban J connectivity index is 1.27. The van der Waals surface area contributed by atoms with Gasteiger partial charge in [-0.3, -0.25) is 24.1 Å². The summed E-state index contributed by atoms with van der Waals surface area (Å²) >= 11 is 0. The molecule has 1 N–H and O–H groups in total. The number of rotatable bonds is 7. The number of aromatic nitrogens is 3. The molecule has 1 fully saturated rings. The summed E-state index contributed by atoms with van der Waals surface area (Å²) in [5.74, 6) is -0.994. The second-order valence-corrected chi connectivity index (χ2v) is 12.8. The molecule has 0 aliphatic carbocycles. The number of amides is 2. The van der Waals surface area contributed by atoms with Crippen molar-refractivity contribution in [2.45, 2.75) is 25.9 Å². The van der Waals surface area contributed by atoms with E-state index in [0.29, 0.717) is 66.6 Å². The maximum absolute atomic E-state index is 15.0. The number of halogens is 1. The van der Waals surface area contributed by atoms with E-state index in [-0.39, 0.29) is 29.2 Å². The van der Waals surface area contributed by atoms with E-state index in [0.717, 1.165) is 18.7 Å². The number of aryl methyl sites for hydroxylation is 1. The zero-order chi connectivity index (χ0) is 34.2. The summed E-state index contributed by atoms with van der Waals surface area (Å²) in [5, 5.41) is 14.2. The van der Waals surface area contributed by atoms with Gasteiger partial charge < -0.3 is 19.3 Å². The highest BCUT2D eigenvalue weighted by molar-refractivity contribution is 6.12. The summed E-state index contributed by atoms with van der Waals surface area (Å²) in [4.78, 5) is 34.8. The van der Waals surface area contributed by atoms with Crippen molar-refractivity contribution in [1.82, 2.24) is 24.1 Å². The maximum Gasteiger partial charge on any atom is 0.264 e. The molecule has 0 saturated carbocycles. The molecule has 0 radical (unpaired) electrons. The minimum atomic E-state index is -0.508. The molecule has 5 aromatic rings. The van der Waals surface area contributed by atoms with Gasteiger partial charge in [0, 0.05) is 75.2 Å². The molecular weight excluding hydrogens is 623 g/mol. The fourth-order valence-electron chi connectivity index (χ4n) is 6.95. The van der Waals surface area contributed by atoms with Crippen molar-refractivity contribution in [3.63, 3.8) is 0 Å². The number of benzene rings is 3. The van der Waals surface area contributed by atoms with Gasteiger partial charge in [-0.25, -0.2) is 4.39 Å². The molecule has 11 heteroatoms. The van der Waals surface area contributed by atoms with Crippen LogP contribution in [0.25, 0.3) is 11.3 Å². The number of hydrogen-bond donors (Lipinski definition) is 1. The summed E-state index contributed by atoms with van der Waals surface area (Å²) in [5.41, 5.74) is 5.89. The zero-order valence-electron chi connectivity index (χ0n) is 27.8. The molecule has 1 saturated heterocycles. The van der Waals surface area contributed by atoms with Gasteiger partial charge in [0.2, 0.25) is 0 Å². The first kappa shape index (κ1) is 32.3. The van der Waals surface area contributed by atoms with Crippen molar-refractivity contribution >= 4 is 23.2 Å². The predicted octanol–water partition coefficient (Wildman–Crippen LogP) is 5.46. The zero-order valence-corrected chi connectivity index (χ0v) is 27.8. The molecule has 49 heavy (non-hydrogen) atoms. The van der Waals surface area contributed by atoms with Crippen LogP contribution in [-0.2, 0) is 31.8 Å². The molecule has 10 nitrogen and oxygen atoms in total. The first-order chi connectivity index (χ1) is 23.7. The van der Waals surface area contributed by atoms with Gasteiger partial charge in [-0.05, 0) is 73.0 Å². The van der Waals surface area contributed by atoms with Gasteiger partial charge in [0.15, 0.2) is 0 Å². The molecule has 0 spiro atoms. The van der Waals surface area contributed by atoms with E-state index in [1.807, 2.05) is 41.6 Å². The molecule has 0 unspecified atom stereocenters. The van der Waals surface area contributed by atoms with E-state index in [2.05, 4.69) is 16.1 Å². The number of carbonyl (C=O) groups is 2. The fourth-order valence-corrected chi connectivity index (χ4v) is 6.95. The highest BCUT2D eigenvalue weighted by atomic mass is 19.1.